The topological polar surface area (TPSA) is 27.7 Å². The number of ether oxygens (including phenoxy) is 3. The van der Waals surface area contributed by atoms with Gasteiger partial charge >= 0.3 is 0 Å². The van der Waals surface area contributed by atoms with Crippen LogP contribution in [0.1, 0.15) is 19.8 Å². The van der Waals surface area contributed by atoms with Gasteiger partial charge in [0.25, 0.3) is 0 Å². The normalized spacial score (nSPS) is 23.5. The highest BCUT2D eigenvalue weighted by molar-refractivity contribution is 7.80. The summed E-state index contributed by atoms with van der Waals surface area (Å²) in [5, 5.41) is 0.359. The van der Waals surface area contributed by atoms with Gasteiger partial charge in [-0.15, -0.1) is 0 Å². The van der Waals surface area contributed by atoms with E-state index in [0.717, 1.165) is 12.8 Å². The van der Waals surface area contributed by atoms with Gasteiger partial charge in [0.2, 0.25) is 0 Å². The minimum absolute atomic E-state index is 0.119. The van der Waals surface area contributed by atoms with Crippen LogP contribution in [0.4, 0.5) is 0 Å². The van der Waals surface area contributed by atoms with Crippen molar-refractivity contribution in [2.24, 2.45) is 0 Å². The van der Waals surface area contributed by atoms with Gasteiger partial charge in [-0.3, -0.25) is 0 Å². The maximum Gasteiger partial charge on any atom is 0.164 e. The van der Waals surface area contributed by atoms with Crippen molar-refractivity contribution in [3.05, 3.63) is 0 Å². The minimum atomic E-state index is -0.119. The molecule has 4 heteroatoms. The fourth-order valence-corrected chi connectivity index (χ4v) is 1.03. The molecule has 0 N–H and O–H groups in total. The third-order valence-electron chi connectivity index (χ3n) is 1.61. The van der Waals surface area contributed by atoms with E-state index in [1.54, 1.807) is 0 Å². The van der Waals surface area contributed by atoms with Gasteiger partial charge < -0.3 is 14.2 Å². The van der Waals surface area contributed by atoms with Gasteiger partial charge in [-0.05, 0) is 6.42 Å². The van der Waals surface area contributed by atoms with Crippen LogP contribution in [0.15, 0.2) is 0 Å². The number of hydrogen-bond acceptors (Lipinski definition) is 4. The van der Waals surface area contributed by atoms with Crippen LogP contribution in [0, 0.1) is 0 Å². The zero-order valence-electron chi connectivity index (χ0n) is 6.66. The lowest BCUT2D eigenvalue weighted by Gasteiger charge is -2.24. The van der Waals surface area contributed by atoms with Crippen molar-refractivity contribution in [2.75, 3.05) is 13.6 Å². The van der Waals surface area contributed by atoms with Crippen molar-refractivity contribution in [3.8, 4) is 0 Å². The Hall–Kier alpha value is 0.230. The van der Waals surface area contributed by atoms with E-state index < -0.39 is 0 Å². The van der Waals surface area contributed by atoms with E-state index in [1.165, 1.54) is 0 Å². The summed E-state index contributed by atoms with van der Waals surface area (Å²) in [6, 6.07) is 0. The maximum atomic E-state index is 5.16. The third-order valence-corrected chi connectivity index (χ3v) is 2.19. The summed E-state index contributed by atoms with van der Waals surface area (Å²) >= 11 is 4.34. The van der Waals surface area contributed by atoms with E-state index >= 15 is 0 Å². The summed E-state index contributed by atoms with van der Waals surface area (Å²) in [6.07, 6.45) is 1.75. The molecule has 0 amide bonds. The van der Waals surface area contributed by atoms with Crippen LogP contribution < -0.4 is 0 Å². The van der Waals surface area contributed by atoms with E-state index in [0.29, 0.717) is 18.8 Å². The van der Waals surface area contributed by atoms with E-state index in [4.69, 9.17) is 14.2 Å². The lowest BCUT2D eigenvalue weighted by Crippen LogP contribution is -2.28. The van der Waals surface area contributed by atoms with Gasteiger partial charge in [-0.1, -0.05) is 6.92 Å². The van der Waals surface area contributed by atoms with Crippen LogP contribution in [0.5, 0.6) is 0 Å². The maximum absolute atomic E-state index is 5.16. The fourth-order valence-electron chi connectivity index (χ4n) is 0.855. The summed E-state index contributed by atoms with van der Waals surface area (Å²) < 4.78 is 15.2. The first-order valence-electron chi connectivity index (χ1n) is 3.82. The zero-order chi connectivity index (χ0) is 8.10. The Morgan fingerprint density at radius 3 is 2.64 bits per heavy atom. The number of rotatable bonds is 3. The van der Waals surface area contributed by atoms with Crippen molar-refractivity contribution in [2.45, 2.75) is 31.3 Å². The van der Waals surface area contributed by atoms with E-state index in [9.17, 15) is 0 Å². The standard InChI is InChI=1S/C7H14O3S/c1-2-6(11)3-7-9-4-8-5-10-7/h6-7,11H,2-5H2,1H3. The second kappa shape index (κ2) is 4.98. The predicted molar refractivity (Wildman–Crippen MR) is 44.5 cm³/mol. The van der Waals surface area contributed by atoms with Crippen LogP contribution in [0.3, 0.4) is 0 Å². The van der Waals surface area contributed by atoms with Gasteiger partial charge in [-0.25, -0.2) is 0 Å². The first-order valence-corrected chi connectivity index (χ1v) is 4.33. The highest BCUT2D eigenvalue weighted by Crippen LogP contribution is 2.14. The van der Waals surface area contributed by atoms with Crippen molar-refractivity contribution in [1.82, 2.24) is 0 Å². The lowest BCUT2D eigenvalue weighted by atomic mass is 10.2. The molecule has 0 aromatic heterocycles. The molecule has 66 valence electrons. The zero-order valence-corrected chi connectivity index (χ0v) is 7.55. The molecule has 1 aliphatic heterocycles. The molecule has 1 rings (SSSR count). The largest absolute Gasteiger partial charge is 0.329 e. The van der Waals surface area contributed by atoms with Crippen LogP contribution in [0.2, 0.25) is 0 Å². The molecular formula is C7H14O3S. The molecule has 0 saturated carbocycles. The van der Waals surface area contributed by atoms with Gasteiger partial charge in [-0.2, -0.15) is 12.6 Å². The molecule has 0 radical (unpaired) electrons. The minimum Gasteiger partial charge on any atom is -0.329 e. The highest BCUT2D eigenvalue weighted by Gasteiger charge is 2.16. The molecule has 0 aromatic rings. The monoisotopic (exact) mass is 178 g/mol. The SMILES string of the molecule is CCC(S)CC1OCOCO1. The average molecular weight is 178 g/mol. The molecule has 1 heterocycles. The molecule has 0 aromatic carbocycles. The second-order valence-corrected chi connectivity index (χ2v) is 3.23. The smallest absolute Gasteiger partial charge is 0.164 e. The Labute approximate surface area is 72.4 Å². The van der Waals surface area contributed by atoms with Crippen LogP contribution in [0.25, 0.3) is 0 Å². The third kappa shape index (κ3) is 3.42. The lowest BCUT2D eigenvalue weighted by molar-refractivity contribution is -0.299. The Bertz CT molecular complexity index is 104. The van der Waals surface area contributed by atoms with Gasteiger partial charge in [0.05, 0.1) is 0 Å². The summed E-state index contributed by atoms with van der Waals surface area (Å²) in [7, 11) is 0. The van der Waals surface area contributed by atoms with Gasteiger partial charge in [0.1, 0.15) is 0 Å². The second-order valence-electron chi connectivity index (χ2n) is 2.50. The summed E-state index contributed by atoms with van der Waals surface area (Å²) in [4.78, 5) is 0. The summed E-state index contributed by atoms with van der Waals surface area (Å²) in [6.45, 7) is 2.78. The fraction of sp³-hybridized carbons (Fsp3) is 1.00. The molecule has 0 spiro atoms. The Balaban J connectivity index is 2.13. The van der Waals surface area contributed by atoms with E-state index in [2.05, 4.69) is 19.6 Å². The predicted octanol–water partition coefficient (Wildman–Crippen LogP) is 1.39. The molecule has 1 fully saturated rings. The van der Waals surface area contributed by atoms with Gasteiger partial charge in [0.15, 0.2) is 19.9 Å². The Morgan fingerprint density at radius 2 is 2.09 bits per heavy atom. The van der Waals surface area contributed by atoms with Crippen molar-refractivity contribution in [1.29, 1.82) is 0 Å². The molecule has 1 saturated heterocycles. The van der Waals surface area contributed by atoms with Crippen LogP contribution in [-0.2, 0) is 14.2 Å². The molecule has 11 heavy (non-hydrogen) atoms. The number of thiol groups is 1. The van der Waals surface area contributed by atoms with Crippen molar-refractivity contribution >= 4 is 12.6 Å². The Kier molecular flexibility index (Phi) is 4.22. The highest BCUT2D eigenvalue weighted by atomic mass is 32.1. The van der Waals surface area contributed by atoms with Crippen molar-refractivity contribution < 1.29 is 14.2 Å². The first kappa shape index (κ1) is 9.32. The van der Waals surface area contributed by atoms with Crippen LogP contribution >= 0.6 is 12.6 Å². The van der Waals surface area contributed by atoms with Crippen LogP contribution in [-0.4, -0.2) is 25.1 Å². The molecule has 3 nitrogen and oxygen atoms in total. The summed E-state index contributed by atoms with van der Waals surface area (Å²) in [5.74, 6) is 0. The van der Waals surface area contributed by atoms with E-state index in [1.807, 2.05) is 0 Å². The molecule has 1 atom stereocenters. The molecular weight excluding hydrogens is 164 g/mol. The van der Waals surface area contributed by atoms with Crippen molar-refractivity contribution in [3.63, 3.8) is 0 Å². The average Bonchev–Trinajstić information content (AvgIpc) is 2.06. The first-order chi connectivity index (χ1) is 5.33. The Morgan fingerprint density at radius 1 is 1.45 bits per heavy atom. The molecule has 1 aliphatic rings. The molecule has 1 unspecified atom stereocenters. The van der Waals surface area contributed by atoms with E-state index in [-0.39, 0.29) is 6.29 Å². The number of hydrogen-bond donors (Lipinski definition) is 1. The summed E-state index contributed by atoms with van der Waals surface area (Å²) in [5.41, 5.74) is 0. The molecule has 0 bridgehead atoms. The quantitative estimate of drug-likeness (QED) is 0.662. The van der Waals surface area contributed by atoms with Gasteiger partial charge in [0, 0.05) is 11.7 Å². The molecule has 0 aliphatic carbocycles.